The fourth-order valence-electron chi connectivity index (χ4n) is 4.99. The monoisotopic (exact) mass is 368 g/mol. The molecule has 1 aliphatic heterocycles. The molecule has 1 saturated carbocycles. The van der Waals surface area contributed by atoms with Gasteiger partial charge in [0.15, 0.2) is 5.65 Å². The summed E-state index contributed by atoms with van der Waals surface area (Å²) in [4.78, 5) is 15.3. The highest BCUT2D eigenvalue weighted by Crippen LogP contribution is 2.40. The van der Waals surface area contributed by atoms with Gasteiger partial charge in [-0.2, -0.15) is 0 Å². The van der Waals surface area contributed by atoms with E-state index >= 15 is 0 Å². The SMILES string of the molecule is CC(C)(C)C1CCC(C(=O)N2CCCC(c3nnc4ccccn34)C2)CC1. The van der Waals surface area contributed by atoms with E-state index < -0.39 is 0 Å². The number of carbonyl (C=O) groups excluding carboxylic acids is 1. The van der Waals surface area contributed by atoms with E-state index in [1.165, 1.54) is 12.8 Å². The minimum absolute atomic E-state index is 0.220. The molecule has 3 heterocycles. The third kappa shape index (κ3) is 3.74. The van der Waals surface area contributed by atoms with Crippen LogP contribution in [0.25, 0.3) is 5.65 Å². The zero-order chi connectivity index (χ0) is 19.0. The zero-order valence-electron chi connectivity index (χ0n) is 16.9. The lowest BCUT2D eigenvalue weighted by atomic mass is 9.69. The van der Waals surface area contributed by atoms with Gasteiger partial charge in [-0.25, -0.2) is 0 Å². The smallest absolute Gasteiger partial charge is 0.225 e. The van der Waals surface area contributed by atoms with Gasteiger partial charge in [0.1, 0.15) is 5.82 Å². The van der Waals surface area contributed by atoms with Crippen LogP contribution in [0.4, 0.5) is 0 Å². The van der Waals surface area contributed by atoms with Crippen LogP contribution in [0.15, 0.2) is 24.4 Å². The fourth-order valence-corrected chi connectivity index (χ4v) is 4.99. The van der Waals surface area contributed by atoms with Crippen LogP contribution >= 0.6 is 0 Å². The lowest BCUT2D eigenvalue weighted by Gasteiger charge is -2.39. The molecule has 0 bridgehead atoms. The molecule has 1 saturated heterocycles. The molecule has 1 unspecified atom stereocenters. The number of piperidine rings is 1. The number of hydrogen-bond donors (Lipinski definition) is 0. The van der Waals surface area contributed by atoms with Gasteiger partial charge in [0, 0.05) is 31.1 Å². The van der Waals surface area contributed by atoms with Crippen LogP contribution in [0.3, 0.4) is 0 Å². The first-order valence-electron chi connectivity index (χ1n) is 10.5. The summed E-state index contributed by atoms with van der Waals surface area (Å²) in [6.07, 6.45) is 8.63. The van der Waals surface area contributed by atoms with Gasteiger partial charge in [-0.15, -0.1) is 10.2 Å². The van der Waals surface area contributed by atoms with Crippen LogP contribution in [0.5, 0.6) is 0 Å². The van der Waals surface area contributed by atoms with Crippen molar-refractivity contribution >= 4 is 11.6 Å². The summed E-state index contributed by atoms with van der Waals surface area (Å²) in [5, 5.41) is 8.73. The van der Waals surface area contributed by atoms with E-state index in [9.17, 15) is 4.79 Å². The summed E-state index contributed by atoms with van der Waals surface area (Å²) in [5.74, 6) is 2.63. The van der Waals surface area contributed by atoms with Crippen LogP contribution in [0.2, 0.25) is 0 Å². The highest BCUT2D eigenvalue weighted by atomic mass is 16.2. The average Bonchev–Trinajstić information content (AvgIpc) is 3.11. The van der Waals surface area contributed by atoms with Crippen molar-refractivity contribution in [3.8, 4) is 0 Å². The highest BCUT2D eigenvalue weighted by molar-refractivity contribution is 5.79. The van der Waals surface area contributed by atoms with Gasteiger partial charge in [0.25, 0.3) is 0 Å². The second-order valence-corrected chi connectivity index (χ2v) is 9.53. The Balaban J connectivity index is 1.42. The summed E-state index contributed by atoms with van der Waals surface area (Å²) >= 11 is 0. The number of aromatic nitrogens is 3. The van der Waals surface area contributed by atoms with Crippen molar-refractivity contribution in [2.45, 2.75) is 65.2 Å². The lowest BCUT2D eigenvalue weighted by Crippen LogP contribution is -2.44. The number of amides is 1. The highest BCUT2D eigenvalue weighted by Gasteiger charge is 2.36. The Morgan fingerprint density at radius 2 is 1.85 bits per heavy atom. The maximum absolute atomic E-state index is 13.2. The molecule has 2 aromatic heterocycles. The third-order valence-electron chi connectivity index (χ3n) is 6.74. The predicted octanol–water partition coefficient (Wildman–Crippen LogP) is 4.29. The van der Waals surface area contributed by atoms with Crippen molar-refractivity contribution < 1.29 is 4.79 Å². The molecule has 0 spiro atoms. The number of carbonyl (C=O) groups is 1. The number of pyridine rings is 1. The number of nitrogens with zero attached hydrogens (tertiary/aromatic N) is 4. The van der Waals surface area contributed by atoms with Crippen LogP contribution in [0.1, 0.15) is 71.0 Å². The molecule has 2 aromatic rings. The van der Waals surface area contributed by atoms with Crippen molar-refractivity contribution in [3.63, 3.8) is 0 Å². The summed E-state index contributed by atoms with van der Waals surface area (Å²) in [7, 11) is 0. The molecule has 4 rings (SSSR count). The minimum atomic E-state index is 0.220. The summed E-state index contributed by atoms with van der Waals surface area (Å²) < 4.78 is 2.08. The molecule has 27 heavy (non-hydrogen) atoms. The molecule has 1 amide bonds. The molecular weight excluding hydrogens is 336 g/mol. The average molecular weight is 369 g/mol. The van der Waals surface area contributed by atoms with Crippen LogP contribution in [-0.4, -0.2) is 38.5 Å². The van der Waals surface area contributed by atoms with Gasteiger partial charge >= 0.3 is 0 Å². The maximum atomic E-state index is 13.2. The van der Waals surface area contributed by atoms with E-state index in [0.717, 1.165) is 56.2 Å². The van der Waals surface area contributed by atoms with E-state index in [4.69, 9.17) is 0 Å². The number of hydrogen-bond acceptors (Lipinski definition) is 3. The van der Waals surface area contributed by atoms with Gasteiger partial charge in [-0.05, 0) is 62.0 Å². The van der Waals surface area contributed by atoms with Gasteiger partial charge in [0.2, 0.25) is 5.91 Å². The number of rotatable bonds is 2. The van der Waals surface area contributed by atoms with E-state index in [1.807, 2.05) is 24.4 Å². The van der Waals surface area contributed by atoms with E-state index in [-0.39, 0.29) is 11.8 Å². The van der Waals surface area contributed by atoms with Crippen LogP contribution in [-0.2, 0) is 4.79 Å². The molecule has 0 N–H and O–H groups in total. The van der Waals surface area contributed by atoms with Gasteiger partial charge < -0.3 is 4.90 Å². The summed E-state index contributed by atoms with van der Waals surface area (Å²) in [6, 6.07) is 5.98. The summed E-state index contributed by atoms with van der Waals surface area (Å²) in [6.45, 7) is 8.67. The standard InChI is InChI=1S/C22H32N4O/c1-22(2,3)18-11-9-16(10-12-18)21(27)25-13-6-7-17(15-25)20-24-23-19-8-4-5-14-26(19)20/h4-5,8,14,16-18H,6-7,9-13,15H2,1-3H3. The van der Waals surface area contributed by atoms with Crippen LogP contribution < -0.4 is 0 Å². The summed E-state index contributed by atoms with van der Waals surface area (Å²) in [5.41, 5.74) is 1.25. The van der Waals surface area contributed by atoms with Crippen molar-refractivity contribution in [1.82, 2.24) is 19.5 Å². The van der Waals surface area contributed by atoms with Crippen molar-refractivity contribution in [2.24, 2.45) is 17.3 Å². The Kier molecular flexibility index (Phi) is 4.95. The molecule has 1 atom stereocenters. The first kappa shape index (κ1) is 18.5. The Morgan fingerprint density at radius 3 is 2.59 bits per heavy atom. The number of likely N-dealkylation sites (tertiary alicyclic amines) is 1. The minimum Gasteiger partial charge on any atom is -0.342 e. The van der Waals surface area contributed by atoms with E-state index in [0.29, 0.717) is 11.3 Å². The quantitative estimate of drug-likeness (QED) is 0.795. The van der Waals surface area contributed by atoms with E-state index in [2.05, 4.69) is 40.3 Å². The predicted molar refractivity (Wildman–Crippen MR) is 106 cm³/mol. The van der Waals surface area contributed by atoms with Crippen molar-refractivity contribution in [3.05, 3.63) is 30.2 Å². The molecule has 2 aliphatic rings. The molecule has 2 fully saturated rings. The van der Waals surface area contributed by atoms with Crippen molar-refractivity contribution in [2.75, 3.05) is 13.1 Å². The second-order valence-electron chi connectivity index (χ2n) is 9.53. The van der Waals surface area contributed by atoms with Gasteiger partial charge in [0.05, 0.1) is 0 Å². The Bertz CT molecular complexity index is 798. The first-order valence-corrected chi connectivity index (χ1v) is 10.5. The third-order valence-corrected chi connectivity index (χ3v) is 6.74. The Hall–Kier alpha value is -1.91. The molecule has 1 aliphatic carbocycles. The molecule has 0 radical (unpaired) electrons. The van der Waals surface area contributed by atoms with Gasteiger partial charge in [-0.1, -0.05) is 26.8 Å². The molecule has 146 valence electrons. The van der Waals surface area contributed by atoms with E-state index in [1.54, 1.807) is 0 Å². The first-order chi connectivity index (χ1) is 12.9. The largest absolute Gasteiger partial charge is 0.342 e. The zero-order valence-corrected chi connectivity index (χ0v) is 16.9. The Morgan fingerprint density at radius 1 is 1.07 bits per heavy atom. The van der Waals surface area contributed by atoms with Crippen molar-refractivity contribution in [1.29, 1.82) is 0 Å². The van der Waals surface area contributed by atoms with Gasteiger partial charge in [-0.3, -0.25) is 9.20 Å². The topological polar surface area (TPSA) is 50.5 Å². The normalized spacial score (nSPS) is 27.1. The maximum Gasteiger partial charge on any atom is 0.225 e. The number of fused-ring (bicyclic) bond motifs is 1. The molecule has 0 aromatic carbocycles. The Labute approximate surface area is 162 Å². The molecule has 5 nitrogen and oxygen atoms in total. The van der Waals surface area contributed by atoms with Crippen LogP contribution in [0, 0.1) is 17.3 Å². The molecule has 5 heteroatoms. The molecular formula is C22H32N4O. The fraction of sp³-hybridized carbons (Fsp3) is 0.682. The lowest BCUT2D eigenvalue weighted by molar-refractivity contribution is -0.138. The second kappa shape index (κ2) is 7.25.